The molecule has 0 fully saturated rings. The van der Waals surface area contributed by atoms with Crippen molar-refractivity contribution in [2.75, 3.05) is 0 Å². The first-order chi connectivity index (χ1) is 10.1. The molecular formula is C15H10N2O2S2. The van der Waals surface area contributed by atoms with Crippen molar-refractivity contribution in [2.45, 2.75) is 10.1 Å². The van der Waals surface area contributed by atoms with Crippen molar-refractivity contribution in [1.29, 1.82) is 5.26 Å². The fraction of sp³-hybridized carbons (Fsp3) is 0.0667. The van der Waals surface area contributed by atoms with Crippen LogP contribution in [0.3, 0.4) is 0 Å². The van der Waals surface area contributed by atoms with Crippen LogP contribution in [0.4, 0.5) is 0 Å². The summed E-state index contributed by atoms with van der Waals surface area (Å²) in [4.78, 5) is 4.18. The zero-order valence-electron chi connectivity index (χ0n) is 10.9. The molecular weight excluding hydrogens is 304 g/mol. The van der Waals surface area contributed by atoms with Crippen LogP contribution in [-0.2, 0) is 15.6 Å². The van der Waals surface area contributed by atoms with Gasteiger partial charge in [0.1, 0.15) is 0 Å². The highest BCUT2D eigenvalue weighted by Crippen LogP contribution is 2.27. The van der Waals surface area contributed by atoms with Gasteiger partial charge in [-0.05, 0) is 23.8 Å². The second kappa shape index (κ2) is 5.28. The largest absolute Gasteiger partial charge is 0.225 e. The molecule has 0 saturated heterocycles. The Labute approximate surface area is 126 Å². The Morgan fingerprint density at radius 1 is 1.10 bits per heavy atom. The molecule has 4 nitrogen and oxygen atoms in total. The standard InChI is InChI=1S/C15H10N2O2S2/c16-9-11-5-1-2-6-12(11)10-21(18,19)15-17-13-7-3-4-8-14(13)20-15/h1-8H,10H2. The highest BCUT2D eigenvalue weighted by molar-refractivity contribution is 7.92. The van der Waals surface area contributed by atoms with Gasteiger partial charge in [0.15, 0.2) is 0 Å². The summed E-state index contributed by atoms with van der Waals surface area (Å²) in [6.07, 6.45) is 0. The maximum Gasteiger partial charge on any atom is 0.210 e. The number of fused-ring (bicyclic) bond motifs is 1. The van der Waals surface area contributed by atoms with Crippen molar-refractivity contribution in [3.63, 3.8) is 0 Å². The topological polar surface area (TPSA) is 70.8 Å². The number of nitrogens with zero attached hydrogens (tertiary/aromatic N) is 2. The molecule has 3 rings (SSSR count). The van der Waals surface area contributed by atoms with Gasteiger partial charge < -0.3 is 0 Å². The van der Waals surface area contributed by atoms with Gasteiger partial charge in [-0.25, -0.2) is 13.4 Å². The Morgan fingerprint density at radius 3 is 2.57 bits per heavy atom. The minimum absolute atomic E-state index is 0.0939. The number of para-hydroxylation sites is 1. The van der Waals surface area contributed by atoms with E-state index >= 15 is 0 Å². The average molecular weight is 314 g/mol. The lowest BCUT2D eigenvalue weighted by molar-refractivity contribution is 0.594. The van der Waals surface area contributed by atoms with Gasteiger partial charge in [-0.1, -0.05) is 30.3 Å². The minimum Gasteiger partial charge on any atom is -0.225 e. The van der Waals surface area contributed by atoms with Gasteiger partial charge in [0.2, 0.25) is 14.2 Å². The smallest absolute Gasteiger partial charge is 0.210 e. The minimum atomic E-state index is -3.55. The van der Waals surface area contributed by atoms with E-state index in [4.69, 9.17) is 5.26 Å². The first-order valence-electron chi connectivity index (χ1n) is 6.16. The summed E-state index contributed by atoms with van der Waals surface area (Å²) in [6, 6.07) is 16.0. The fourth-order valence-electron chi connectivity index (χ4n) is 2.01. The van der Waals surface area contributed by atoms with Crippen molar-refractivity contribution >= 4 is 31.4 Å². The SMILES string of the molecule is N#Cc1ccccc1CS(=O)(=O)c1nc2ccccc2s1. The molecule has 0 atom stereocenters. The zero-order chi connectivity index (χ0) is 14.9. The van der Waals surface area contributed by atoms with E-state index in [1.807, 2.05) is 24.3 Å². The number of rotatable bonds is 3. The third kappa shape index (κ3) is 2.66. The van der Waals surface area contributed by atoms with E-state index in [0.29, 0.717) is 16.6 Å². The number of benzene rings is 2. The van der Waals surface area contributed by atoms with Crippen molar-refractivity contribution < 1.29 is 8.42 Å². The van der Waals surface area contributed by atoms with E-state index in [2.05, 4.69) is 4.98 Å². The van der Waals surface area contributed by atoms with Crippen LogP contribution in [0.1, 0.15) is 11.1 Å². The summed E-state index contributed by atoms with van der Waals surface area (Å²) in [5, 5.41) is 9.04. The highest BCUT2D eigenvalue weighted by atomic mass is 32.2. The first-order valence-corrected chi connectivity index (χ1v) is 8.63. The lowest BCUT2D eigenvalue weighted by Gasteiger charge is -2.03. The van der Waals surface area contributed by atoms with Gasteiger partial charge in [0, 0.05) is 0 Å². The van der Waals surface area contributed by atoms with Crippen molar-refractivity contribution in [2.24, 2.45) is 0 Å². The summed E-state index contributed by atoms with van der Waals surface area (Å²) in [5.74, 6) is -0.212. The Morgan fingerprint density at radius 2 is 1.81 bits per heavy atom. The Bertz CT molecular complexity index is 920. The third-order valence-electron chi connectivity index (χ3n) is 3.02. The number of hydrogen-bond acceptors (Lipinski definition) is 5. The van der Waals surface area contributed by atoms with Crippen molar-refractivity contribution in [3.8, 4) is 6.07 Å². The third-order valence-corrected chi connectivity index (χ3v) is 6.18. The van der Waals surface area contributed by atoms with Crippen molar-refractivity contribution in [1.82, 2.24) is 4.98 Å². The number of hydrogen-bond donors (Lipinski definition) is 0. The predicted octanol–water partition coefficient (Wildman–Crippen LogP) is 3.14. The number of nitriles is 1. The van der Waals surface area contributed by atoms with E-state index in [1.165, 1.54) is 0 Å². The molecule has 0 unspecified atom stereocenters. The molecule has 2 aromatic carbocycles. The summed E-state index contributed by atoms with van der Waals surface area (Å²) >= 11 is 1.15. The molecule has 0 aliphatic rings. The molecule has 0 aliphatic heterocycles. The van der Waals surface area contributed by atoms with Crippen molar-refractivity contribution in [3.05, 3.63) is 59.7 Å². The van der Waals surface area contributed by atoms with Gasteiger partial charge >= 0.3 is 0 Å². The Kier molecular flexibility index (Phi) is 3.45. The summed E-state index contributed by atoms with van der Waals surface area (Å²) in [5.41, 5.74) is 1.55. The van der Waals surface area contributed by atoms with Crippen LogP contribution in [0.25, 0.3) is 10.2 Å². The van der Waals surface area contributed by atoms with Gasteiger partial charge in [0.05, 0.1) is 27.6 Å². The normalized spacial score (nSPS) is 11.4. The van der Waals surface area contributed by atoms with Crippen LogP contribution >= 0.6 is 11.3 Å². The molecule has 6 heteroatoms. The number of aromatic nitrogens is 1. The lowest BCUT2D eigenvalue weighted by atomic mass is 10.1. The maximum atomic E-state index is 12.5. The monoisotopic (exact) mass is 314 g/mol. The first kappa shape index (κ1) is 13.7. The van der Waals surface area contributed by atoms with Crippen LogP contribution < -0.4 is 0 Å². The maximum absolute atomic E-state index is 12.5. The van der Waals surface area contributed by atoms with E-state index in [9.17, 15) is 8.42 Å². The van der Waals surface area contributed by atoms with E-state index in [0.717, 1.165) is 16.0 Å². The lowest BCUT2D eigenvalue weighted by Crippen LogP contribution is -2.05. The van der Waals surface area contributed by atoms with Crippen LogP contribution in [0.15, 0.2) is 52.9 Å². The van der Waals surface area contributed by atoms with E-state index in [-0.39, 0.29) is 10.1 Å². The molecule has 1 heterocycles. The van der Waals surface area contributed by atoms with Gasteiger partial charge in [-0.3, -0.25) is 0 Å². The van der Waals surface area contributed by atoms with Crippen LogP contribution in [0.5, 0.6) is 0 Å². The van der Waals surface area contributed by atoms with Gasteiger partial charge in [-0.15, -0.1) is 11.3 Å². The quantitative estimate of drug-likeness (QED) is 0.744. The number of sulfone groups is 1. The number of thiazole rings is 1. The summed E-state index contributed by atoms with van der Waals surface area (Å²) in [7, 11) is -3.55. The molecule has 0 N–H and O–H groups in total. The fourth-order valence-corrected chi connectivity index (χ4v) is 4.68. The molecule has 104 valence electrons. The molecule has 21 heavy (non-hydrogen) atoms. The molecule has 0 bridgehead atoms. The van der Waals surface area contributed by atoms with E-state index in [1.54, 1.807) is 30.3 Å². The molecule has 3 aromatic rings. The Hall–Kier alpha value is -2.23. The average Bonchev–Trinajstić information content (AvgIpc) is 2.92. The Balaban J connectivity index is 2.03. The van der Waals surface area contributed by atoms with Crippen LogP contribution in [-0.4, -0.2) is 13.4 Å². The molecule has 0 saturated carbocycles. The summed E-state index contributed by atoms with van der Waals surface area (Å²) < 4.78 is 25.9. The molecule has 0 radical (unpaired) electrons. The zero-order valence-corrected chi connectivity index (χ0v) is 12.5. The molecule has 0 amide bonds. The van der Waals surface area contributed by atoms with Crippen LogP contribution in [0, 0.1) is 11.3 Å². The molecule has 0 aliphatic carbocycles. The molecule has 0 spiro atoms. The van der Waals surface area contributed by atoms with Crippen LogP contribution in [0.2, 0.25) is 0 Å². The second-order valence-electron chi connectivity index (χ2n) is 4.48. The molecule has 1 aromatic heterocycles. The van der Waals surface area contributed by atoms with Gasteiger partial charge in [0.25, 0.3) is 0 Å². The predicted molar refractivity (Wildman–Crippen MR) is 81.7 cm³/mol. The highest BCUT2D eigenvalue weighted by Gasteiger charge is 2.21. The summed E-state index contributed by atoms with van der Waals surface area (Å²) in [6.45, 7) is 0. The second-order valence-corrected chi connectivity index (χ2v) is 7.67. The van der Waals surface area contributed by atoms with Gasteiger partial charge in [-0.2, -0.15) is 5.26 Å². The van der Waals surface area contributed by atoms with E-state index < -0.39 is 9.84 Å².